The van der Waals surface area contributed by atoms with Gasteiger partial charge in [-0.1, -0.05) is 12.1 Å². The molecule has 0 fully saturated rings. The number of nitrogens with two attached hydrogens (primary N) is 1. The highest BCUT2D eigenvalue weighted by atomic mass is 19.4. The number of amidine groups is 1. The third-order valence-electron chi connectivity index (χ3n) is 4.18. The van der Waals surface area contributed by atoms with Crippen molar-refractivity contribution >= 4 is 29.2 Å². The van der Waals surface area contributed by atoms with E-state index in [2.05, 4.69) is 20.4 Å². The minimum atomic E-state index is -4.71. The number of alkyl halides is 3. The lowest BCUT2D eigenvalue weighted by Gasteiger charge is -2.13. The Bertz CT molecular complexity index is 1010. The number of ether oxygens (including phenoxy) is 1. The summed E-state index contributed by atoms with van der Waals surface area (Å²) in [7, 11) is 4.87. The third-order valence-corrected chi connectivity index (χ3v) is 4.18. The maximum atomic E-state index is 13.1. The molecule has 0 aliphatic heterocycles. The number of nitrogens with zero attached hydrogens (tertiary/aromatic N) is 2. The highest BCUT2D eigenvalue weighted by Crippen LogP contribution is 2.32. The van der Waals surface area contributed by atoms with Gasteiger partial charge in [-0.15, -0.1) is 0 Å². The van der Waals surface area contributed by atoms with Crippen molar-refractivity contribution < 1.29 is 27.5 Å². The van der Waals surface area contributed by atoms with Gasteiger partial charge in [-0.2, -0.15) is 13.2 Å². The van der Waals surface area contributed by atoms with Gasteiger partial charge >= 0.3 is 18.2 Å². The summed E-state index contributed by atoms with van der Waals surface area (Å²) < 4.78 is 43.9. The van der Waals surface area contributed by atoms with E-state index in [1.165, 1.54) is 0 Å². The van der Waals surface area contributed by atoms with Crippen molar-refractivity contribution in [1.82, 2.24) is 4.90 Å². The molecule has 2 aromatic rings. The fourth-order valence-corrected chi connectivity index (χ4v) is 2.61. The first-order valence-corrected chi connectivity index (χ1v) is 9.43. The summed E-state index contributed by atoms with van der Waals surface area (Å²) in [5.41, 5.74) is 5.24. The van der Waals surface area contributed by atoms with Crippen LogP contribution in [0.25, 0.3) is 0 Å². The molecule has 2 amide bonds. The number of likely N-dealkylation sites (N-methyl/N-ethyl adjacent to an activating group) is 1. The van der Waals surface area contributed by atoms with Gasteiger partial charge in [-0.05, 0) is 44.4 Å². The van der Waals surface area contributed by atoms with Crippen molar-refractivity contribution in [3.8, 4) is 0 Å². The Hall–Kier alpha value is -3.60. The molecule has 0 aromatic heterocycles. The highest BCUT2D eigenvalue weighted by Gasteiger charge is 2.32. The van der Waals surface area contributed by atoms with E-state index in [0.29, 0.717) is 30.4 Å². The van der Waals surface area contributed by atoms with Gasteiger partial charge in [0, 0.05) is 23.5 Å². The van der Waals surface area contributed by atoms with Crippen molar-refractivity contribution in [2.24, 2.45) is 10.7 Å². The normalized spacial score (nSPS) is 11.9. The zero-order chi connectivity index (χ0) is 23.9. The molecule has 0 radical (unpaired) electrons. The van der Waals surface area contributed by atoms with Crippen LogP contribution in [0.1, 0.15) is 21.5 Å². The van der Waals surface area contributed by atoms with Crippen LogP contribution in [0, 0.1) is 0 Å². The maximum Gasteiger partial charge on any atom is 0.416 e. The van der Waals surface area contributed by atoms with Gasteiger partial charge in [0.05, 0.1) is 24.8 Å². The lowest BCUT2D eigenvalue weighted by Crippen LogP contribution is -2.21. The van der Waals surface area contributed by atoms with Crippen LogP contribution in [0.3, 0.4) is 0 Å². The number of nitrogens with one attached hydrogen (secondary N) is 2. The quantitative estimate of drug-likeness (QED) is 0.340. The van der Waals surface area contributed by atoms with E-state index < -0.39 is 23.7 Å². The smallest absolute Gasteiger partial charge is 0.416 e. The highest BCUT2D eigenvalue weighted by molar-refractivity contribution is 6.03. The number of aliphatic imine (C=N–C) groups is 1. The van der Waals surface area contributed by atoms with Gasteiger partial charge in [0.2, 0.25) is 0 Å². The number of hydrogen-bond acceptors (Lipinski definition) is 5. The molecular weight excluding hydrogens is 427 g/mol. The number of carbonyl (C=O) groups excluding carboxylic acids is 2. The lowest BCUT2D eigenvalue weighted by molar-refractivity contribution is -0.137. The van der Waals surface area contributed by atoms with Crippen LogP contribution in [-0.2, 0) is 10.9 Å². The molecule has 11 heteroatoms. The van der Waals surface area contributed by atoms with E-state index in [1.807, 2.05) is 19.0 Å². The average molecular weight is 451 g/mol. The molecule has 0 bridgehead atoms. The number of esters is 1. The van der Waals surface area contributed by atoms with E-state index in [1.54, 1.807) is 24.3 Å². The van der Waals surface area contributed by atoms with Crippen LogP contribution in [0.2, 0.25) is 0 Å². The second-order valence-corrected chi connectivity index (χ2v) is 7.02. The first kappa shape index (κ1) is 24.7. The molecule has 0 saturated heterocycles. The van der Waals surface area contributed by atoms with Crippen molar-refractivity contribution in [3.05, 3.63) is 59.2 Å². The molecule has 0 atom stereocenters. The molecule has 0 unspecified atom stereocenters. The Labute approximate surface area is 183 Å². The van der Waals surface area contributed by atoms with E-state index in [0.717, 1.165) is 19.2 Å². The van der Waals surface area contributed by atoms with E-state index in [9.17, 15) is 22.8 Å². The minimum Gasteiger partial charge on any atom is -0.465 e. The van der Waals surface area contributed by atoms with E-state index in [-0.39, 0.29) is 17.1 Å². The molecule has 2 rings (SSSR count). The van der Waals surface area contributed by atoms with Crippen molar-refractivity contribution in [3.63, 3.8) is 0 Å². The van der Waals surface area contributed by atoms with Crippen LogP contribution in [-0.4, -0.2) is 57.0 Å². The fraction of sp³-hybridized carbons (Fsp3) is 0.286. The number of benzene rings is 2. The van der Waals surface area contributed by atoms with Crippen LogP contribution in [0.5, 0.6) is 0 Å². The molecular formula is C21H24F3N5O3. The van der Waals surface area contributed by atoms with Crippen LogP contribution in [0.4, 0.5) is 29.3 Å². The lowest BCUT2D eigenvalue weighted by atomic mass is 10.1. The maximum absolute atomic E-state index is 13.1. The second-order valence-electron chi connectivity index (χ2n) is 7.02. The summed E-state index contributed by atoms with van der Waals surface area (Å²) in [5, 5.41) is 4.81. The molecule has 0 spiro atoms. The summed E-state index contributed by atoms with van der Waals surface area (Å²) in [5.74, 6) is -0.673. The topological polar surface area (TPSA) is 109 Å². The van der Waals surface area contributed by atoms with Crippen LogP contribution < -0.4 is 16.4 Å². The first-order chi connectivity index (χ1) is 15.0. The monoisotopic (exact) mass is 451 g/mol. The summed E-state index contributed by atoms with van der Waals surface area (Å²) >= 11 is 0. The molecule has 0 saturated carbocycles. The zero-order valence-electron chi connectivity index (χ0n) is 17.8. The van der Waals surface area contributed by atoms with Gasteiger partial charge in [0.1, 0.15) is 5.84 Å². The number of halogens is 3. The number of hydrogen-bond donors (Lipinski definition) is 3. The summed E-state index contributed by atoms with van der Waals surface area (Å²) in [4.78, 5) is 30.2. The van der Waals surface area contributed by atoms with Crippen LogP contribution >= 0.6 is 0 Å². The number of amides is 2. The minimum absolute atomic E-state index is 0.223. The van der Waals surface area contributed by atoms with Crippen molar-refractivity contribution in [2.45, 2.75) is 6.18 Å². The first-order valence-electron chi connectivity index (χ1n) is 9.43. The number of methoxy groups -OCH3 is 1. The van der Waals surface area contributed by atoms with E-state index >= 15 is 0 Å². The summed E-state index contributed by atoms with van der Waals surface area (Å²) in [6.07, 6.45) is -4.71. The zero-order valence-corrected chi connectivity index (χ0v) is 17.8. The Morgan fingerprint density at radius 1 is 1.06 bits per heavy atom. The number of carbonyl (C=O) groups is 2. The molecule has 172 valence electrons. The predicted octanol–water partition coefficient (Wildman–Crippen LogP) is 3.40. The Balaban J connectivity index is 2.16. The van der Waals surface area contributed by atoms with Crippen LogP contribution in [0.15, 0.2) is 47.5 Å². The molecule has 0 aliphatic carbocycles. The van der Waals surface area contributed by atoms with E-state index in [4.69, 9.17) is 5.73 Å². The Kier molecular flexibility index (Phi) is 8.19. The van der Waals surface area contributed by atoms with Gasteiger partial charge in [-0.3, -0.25) is 4.99 Å². The average Bonchev–Trinajstić information content (AvgIpc) is 2.72. The van der Waals surface area contributed by atoms with Gasteiger partial charge < -0.3 is 26.0 Å². The summed E-state index contributed by atoms with van der Waals surface area (Å²) in [6, 6.07) is 8.19. The Morgan fingerprint density at radius 2 is 1.72 bits per heavy atom. The number of urea groups is 1. The van der Waals surface area contributed by atoms with Gasteiger partial charge in [-0.25, -0.2) is 9.59 Å². The molecule has 2 aromatic carbocycles. The van der Waals surface area contributed by atoms with Gasteiger partial charge in [0.25, 0.3) is 0 Å². The molecule has 8 nitrogen and oxygen atoms in total. The summed E-state index contributed by atoms with van der Waals surface area (Å²) in [6.45, 7) is 1.21. The number of rotatable bonds is 7. The SMILES string of the molecule is COC(=O)c1cc(NC(=O)Nc2cccc(C(N)=NCCN(C)C)c2)cc(C(F)(F)F)c1. The Morgan fingerprint density at radius 3 is 2.34 bits per heavy atom. The van der Waals surface area contributed by atoms with Gasteiger partial charge in [0.15, 0.2) is 0 Å². The standard InChI is InChI=1S/C21H24F3N5O3/c1-29(2)8-7-26-18(25)13-5-4-6-16(10-13)27-20(31)28-17-11-14(19(30)32-3)9-15(12-17)21(22,23)24/h4-6,9-12H,7-8H2,1-3H3,(H2,25,26)(H2,27,28,31). The largest absolute Gasteiger partial charge is 0.465 e. The van der Waals surface area contributed by atoms with Crippen molar-refractivity contribution in [1.29, 1.82) is 0 Å². The number of anilines is 2. The molecule has 4 N–H and O–H groups in total. The molecule has 32 heavy (non-hydrogen) atoms. The second kappa shape index (κ2) is 10.6. The predicted molar refractivity (Wildman–Crippen MR) is 116 cm³/mol. The fourth-order valence-electron chi connectivity index (χ4n) is 2.61. The molecule has 0 heterocycles. The molecule has 0 aliphatic rings. The van der Waals surface area contributed by atoms with Crippen molar-refractivity contribution in [2.75, 3.05) is 44.9 Å². The third kappa shape index (κ3) is 7.27.